The summed E-state index contributed by atoms with van der Waals surface area (Å²) in [5, 5.41) is 44.8. The highest BCUT2D eigenvalue weighted by molar-refractivity contribution is 7.80. The summed E-state index contributed by atoms with van der Waals surface area (Å²) in [7, 11) is -5.08. The van der Waals surface area contributed by atoms with Gasteiger partial charge in [0.15, 0.2) is 6.29 Å². The number of hydrogen-bond acceptors (Lipinski definition) is 10. The summed E-state index contributed by atoms with van der Waals surface area (Å²) < 4.78 is 47.7. The summed E-state index contributed by atoms with van der Waals surface area (Å²) in [6.07, 6.45) is 39.6. The number of ether oxygens (including phenoxy) is 2. The van der Waals surface area contributed by atoms with E-state index in [4.69, 9.17) is 9.47 Å². The van der Waals surface area contributed by atoms with Gasteiger partial charge >= 0.3 is 10.4 Å². The molecule has 7 unspecified atom stereocenters. The lowest BCUT2D eigenvalue weighted by Gasteiger charge is -2.41. The van der Waals surface area contributed by atoms with Crippen molar-refractivity contribution in [2.45, 2.75) is 294 Å². The van der Waals surface area contributed by atoms with E-state index < -0.39 is 59.9 Å². The predicted molar refractivity (Wildman–Crippen MR) is 259 cm³/mol. The minimum absolute atomic E-state index is 0.257. The highest BCUT2D eigenvalue weighted by Crippen LogP contribution is 2.26. The van der Waals surface area contributed by atoms with Gasteiger partial charge in [0.2, 0.25) is 5.91 Å². The lowest BCUT2D eigenvalue weighted by atomic mass is 9.99. The fourth-order valence-electron chi connectivity index (χ4n) is 8.69. The van der Waals surface area contributed by atoms with Crippen molar-refractivity contribution in [3.8, 4) is 0 Å². The summed E-state index contributed by atoms with van der Waals surface area (Å²) in [5.74, 6) is -0.257. The van der Waals surface area contributed by atoms with E-state index in [1.807, 2.05) is 6.08 Å². The smallest absolute Gasteiger partial charge is 0.394 e. The summed E-state index contributed by atoms with van der Waals surface area (Å²) >= 11 is 0. The van der Waals surface area contributed by atoms with Crippen LogP contribution < -0.4 is 5.32 Å². The molecule has 1 heterocycles. The van der Waals surface area contributed by atoms with Crippen LogP contribution in [0.4, 0.5) is 0 Å². The minimum Gasteiger partial charge on any atom is -0.394 e. The molecule has 1 aliphatic rings. The number of carbonyl (C=O) groups is 1. The molecule has 12 nitrogen and oxygen atoms in total. The van der Waals surface area contributed by atoms with Gasteiger partial charge in [0, 0.05) is 6.42 Å². The number of rotatable bonds is 46. The molecule has 1 rings (SSSR count). The van der Waals surface area contributed by atoms with Gasteiger partial charge in [-0.05, 0) is 19.3 Å². The third-order valence-corrected chi connectivity index (χ3v) is 13.3. The Balaban J connectivity index is 2.41. The normalized spacial score (nSPS) is 20.3. The molecule has 0 aliphatic carbocycles. The Morgan fingerprint density at radius 2 is 0.984 bits per heavy atom. The van der Waals surface area contributed by atoms with E-state index in [1.165, 1.54) is 186 Å². The van der Waals surface area contributed by atoms with Crippen molar-refractivity contribution < 1.29 is 51.8 Å². The minimum atomic E-state index is -5.08. The highest BCUT2D eigenvalue weighted by Gasteiger charge is 2.48. The predicted octanol–water partition coefficient (Wildman–Crippen LogP) is 11.5. The first-order valence-electron chi connectivity index (χ1n) is 26.6. The fourth-order valence-corrected chi connectivity index (χ4v) is 9.20. The average molecular weight is 934 g/mol. The van der Waals surface area contributed by atoms with Crippen LogP contribution >= 0.6 is 0 Å². The van der Waals surface area contributed by atoms with Crippen molar-refractivity contribution >= 4 is 16.3 Å². The summed E-state index contributed by atoms with van der Waals surface area (Å²) in [5.41, 5.74) is 0. The van der Waals surface area contributed by atoms with Gasteiger partial charge < -0.3 is 35.2 Å². The van der Waals surface area contributed by atoms with E-state index in [0.29, 0.717) is 6.42 Å². The number of nitrogens with one attached hydrogen (secondary N) is 1. The van der Waals surface area contributed by atoms with Crippen LogP contribution in [0.2, 0.25) is 0 Å². The van der Waals surface area contributed by atoms with E-state index in [-0.39, 0.29) is 18.9 Å². The Morgan fingerprint density at radius 1 is 0.609 bits per heavy atom. The maximum Gasteiger partial charge on any atom is 0.397 e. The molecule has 0 radical (unpaired) electrons. The molecule has 0 bridgehead atoms. The van der Waals surface area contributed by atoms with E-state index in [9.17, 15) is 38.2 Å². The fraction of sp³-hybridized carbons (Fsp3) is 0.941. The lowest BCUT2D eigenvalue weighted by molar-refractivity contribution is -0.298. The van der Waals surface area contributed by atoms with Crippen LogP contribution in [0.15, 0.2) is 12.2 Å². The van der Waals surface area contributed by atoms with Gasteiger partial charge in [-0.1, -0.05) is 238 Å². The van der Waals surface area contributed by atoms with Gasteiger partial charge in [0.1, 0.15) is 24.4 Å². The summed E-state index contributed by atoms with van der Waals surface area (Å²) in [4.78, 5) is 13.1. The van der Waals surface area contributed by atoms with Crippen LogP contribution in [-0.4, -0.2) is 95.4 Å². The van der Waals surface area contributed by atoms with Gasteiger partial charge in [0.05, 0.1) is 25.4 Å². The number of carbonyl (C=O) groups excluding carboxylic acids is 1. The first kappa shape index (κ1) is 60.9. The molecule has 1 saturated heterocycles. The second-order valence-corrected chi connectivity index (χ2v) is 19.9. The number of aliphatic hydroxyl groups excluding tert-OH is 4. The van der Waals surface area contributed by atoms with Crippen LogP contribution in [0.5, 0.6) is 0 Å². The molecular formula is C51H99NO11S. The standard InChI is InChI=1S/C51H99NO11S/c1-3-5-7-9-11-13-15-17-19-21-22-23-24-25-27-29-31-33-35-37-39-41-47(55)52-44(43-61-51-49(57)50(63-64(58,59)60)48(56)46(42-53)62-51)45(54)40-38-36-34-32-30-28-26-20-18-16-14-12-10-8-6-4-2/h38,40,44-46,48-51,53-54,56-57H,3-37,39,41-43H2,1-2H3,(H,52,55)(H,58,59,60)/b40-38+. The van der Waals surface area contributed by atoms with Crippen LogP contribution in [0, 0.1) is 0 Å². The van der Waals surface area contributed by atoms with Crippen molar-refractivity contribution in [2.24, 2.45) is 0 Å². The number of allylic oxidation sites excluding steroid dienone is 1. The first-order valence-corrected chi connectivity index (χ1v) is 27.9. The zero-order valence-electron chi connectivity index (χ0n) is 40.9. The molecule has 0 aromatic heterocycles. The molecule has 0 spiro atoms. The molecule has 6 N–H and O–H groups in total. The SMILES string of the molecule is CCCCCCCCCCCCCCCC/C=C/C(O)C(COC1OC(CO)C(O)C(OS(=O)(=O)O)C1O)NC(=O)CCCCCCCCCCCCCCCCCCCCCCC. The number of unbranched alkanes of at least 4 members (excludes halogenated alkanes) is 34. The van der Waals surface area contributed by atoms with Gasteiger partial charge in [-0.3, -0.25) is 9.35 Å². The van der Waals surface area contributed by atoms with Gasteiger partial charge in [-0.15, -0.1) is 0 Å². The molecule has 1 fully saturated rings. The number of amides is 1. The molecule has 13 heteroatoms. The summed E-state index contributed by atoms with van der Waals surface area (Å²) in [6.45, 7) is 3.42. The molecule has 0 saturated carbocycles. The summed E-state index contributed by atoms with van der Waals surface area (Å²) in [6, 6.07) is -0.939. The van der Waals surface area contributed by atoms with Crippen molar-refractivity contribution in [1.82, 2.24) is 5.32 Å². The van der Waals surface area contributed by atoms with Crippen molar-refractivity contribution in [1.29, 1.82) is 0 Å². The average Bonchev–Trinajstić information content (AvgIpc) is 3.27. The number of hydrogen-bond donors (Lipinski definition) is 6. The Bertz CT molecular complexity index is 1190. The zero-order chi connectivity index (χ0) is 46.9. The molecule has 1 aliphatic heterocycles. The van der Waals surface area contributed by atoms with Crippen LogP contribution in [0.25, 0.3) is 0 Å². The van der Waals surface area contributed by atoms with E-state index in [2.05, 4.69) is 23.3 Å². The van der Waals surface area contributed by atoms with E-state index in [0.717, 1.165) is 38.5 Å². The Kier molecular flexibility index (Phi) is 39.9. The van der Waals surface area contributed by atoms with E-state index >= 15 is 0 Å². The highest BCUT2D eigenvalue weighted by atomic mass is 32.3. The zero-order valence-corrected chi connectivity index (χ0v) is 41.7. The van der Waals surface area contributed by atoms with E-state index in [1.54, 1.807) is 6.08 Å². The molecule has 1 amide bonds. The molecule has 64 heavy (non-hydrogen) atoms. The Hall–Kier alpha value is -1.16. The second-order valence-electron chi connectivity index (χ2n) is 18.8. The molecule has 380 valence electrons. The maximum absolute atomic E-state index is 13.1. The van der Waals surface area contributed by atoms with Gasteiger partial charge in [-0.2, -0.15) is 8.42 Å². The van der Waals surface area contributed by atoms with Gasteiger partial charge in [-0.25, -0.2) is 4.18 Å². The Labute approximate surface area is 391 Å². The number of aliphatic hydroxyl groups is 4. The Morgan fingerprint density at radius 3 is 1.36 bits per heavy atom. The van der Waals surface area contributed by atoms with Crippen LogP contribution in [-0.2, 0) is 28.9 Å². The lowest BCUT2D eigenvalue weighted by Crippen LogP contribution is -2.61. The van der Waals surface area contributed by atoms with Crippen molar-refractivity contribution in [3.05, 3.63) is 12.2 Å². The molecule has 7 atom stereocenters. The monoisotopic (exact) mass is 934 g/mol. The quantitative estimate of drug-likeness (QED) is 0.0193. The van der Waals surface area contributed by atoms with Crippen molar-refractivity contribution in [3.63, 3.8) is 0 Å². The first-order chi connectivity index (χ1) is 31.0. The molecule has 0 aromatic rings. The molecular weight excluding hydrogens is 835 g/mol. The topological polar surface area (TPSA) is 192 Å². The van der Waals surface area contributed by atoms with Gasteiger partial charge in [0.25, 0.3) is 0 Å². The third-order valence-electron chi connectivity index (χ3n) is 12.8. The van der Waals surface area contributed by atoms with Crippen molar-refractivity contribution in [2.75, 3.05) is 13.2 Å². The second kappa shape index (κ2) is 42.0. The maximum atomic E-state index is 13.1. The van der Waals surface area contributed by atoms with Crippen LogP contribution in [0.3, 0.4) is 0 Å². The van der Waals surface area contributed by atoms with Crippen LogP contribution in [0.1, 0.15) is 251 Å². The molecule has 0 aromatic carbocycles. The largest absolute Gasteiger partial charge is 0.397 e. The third kappa shape index (κ3) is 34.2.